The number of anilines is 1. The molecular weight excluding hydrogens is 350 g/mol. The van der Waals surface area contributed by atoms with Gasteiger partial charge in [-0.25, -0.2) is 0 Å². The van der Waals surface area contributed by atoms with Crippen LogP contribution in [0.3, 0.4) is 0 Å². The number of likely N-dealkylation sites (N-methyl/N-ethyl adjacent to an activating group) is 1. The fraction of sp³-hybridized carbons (Fsp3) is 0.435. The average molecular weight is 384 g/mol. The predicted octanol–water partition coefficient (Wildman–Crippen LogP) is 0.339. The van der Waals surface area contributed by atoms with Crippen LogP contribution in [-0.2, 0) is 11.3 Å². The first-order valence-electron chi connectivity index (χ1n) is 10.1. The van der Waals surface area contributed by atoms with Crippen LogP contribution in [0, 0.1) is 6.92 Å². The molecule has 2 N–H and O–H groups in total. The summed E-state index contributed by atoms with van der Waals surface area (Å²) in [7, 11) is 3.61. The number of quaternary nitrogens is 2. The molecule has 1 aliphatic heterocycles. The van der Waals surface area contributed by atoms with Crippen molar-refractivity contribution in [2.75, 3.05) is 45.2 Å². The highest BCUT2D eigenvalue weighted by atomic mass is 16.5. The van der Waals surface area contributed by atoms with E-state index < -0.39 is 0 Å². The number of hydrogen-bond donors (Lipinski definition) is 2. The van der Waals surface area contributed by atoms with Crippen LogP contribution in [0.2, 0.25) is 0 Å². The van der Waals surface area contributed by atoms with Gasteiger partial charge in [0.1, 0.15) is 38.5 Å². The number of carbonyl (C=O) groups is 1. The number of methoxy groups -OCH3 is 1. The predicted molar refractivity (Wildman–Crippen MR) is 112 cm³/mol. The SMILES string of the molecule is COc1ccc(C)cc1C[NH+]1CC[NH+]([C@@H](C)C(=O)N(C)c2ccccc2)CC1. The van der Waals surface area contributed by atoms with Crippen LogP contribution in [-0.4, -0.2) is 52.3 Å². The molecule has 0 bridgehead atoms. The molecule has 1 atom stereocenters. The number of nitrogens with one attached hydrogen (secondary N) is 2. The Morgan fingerprint density at radius 3 is 2.43 bits per heavy atom. The second kappa shape index (κ2) is 9.22. The first-order valence-corrected chi connectivity index (χ1v) is 10.1. The lowest BCUT2D eigenvalue weighted by atomic mass is 10.1. The Labute approximate surface area is 168 Å². The number of ether oxygens (including phenoxy) is 1. The number of aryl methyl sites for hydroxylation is 1. The van der Waals surface area contributed by atoms with E-state index in [4.69, 9.17) is 4.74 Å². The number of rotatable bonds is 6. The summed E-state index contributed by atoms with van der Waals surface area (Å²) >= 11 is 0. The number of carbonyl (C=O) groups excluding carboxylic acids is 1. The molecule has 0 radical (unpaired) electrons. The van der Waals surface area contributed by atoms with E-state index in [9.17, 15) is 4.79 Å². The van der Waals surface area contributed by atoms with E-state index in [0.717, 1.165) is 44.2 Å². The molecule has 2 aromatic rings. The van der Waals surface area contributed by atoms with Crippen molar-refractivity contribution in [1.82, 2.24) is 0 Å². The van der Waals surface area contributed by atoms with Gasteiger partial charge < -0.3 is 19.4 Å². The smallest absolute Gasteiger partial charge is 0.284 e. The molecule has 1 aliphatic rings. The maximum Gasteiger partial charge on any atom is 0.284 e. The lowest BCUT2D eigenvalue weighted by Gasteiger charge is -2.34. The molecule has 5 heteroatoms. The molecule has 1 heterocycles. The van der Waals surface area contributed by atoms with Gasteiger partial charge in [0.15, 0.2) is 6.04 Å². The molecule has 0 spiro atoms. The highest BCUT2D eigenvalue weighted by Gasteiger charge is 2.33. The van der Waals surface area contributed by atoms with Gasteiger partial charge in [-0.3, -0.25) is 4.79 Å². The van der Waals surface area contributed by atoms with Crippen LogP contribution < -0.4 is 19.4 Å². The van der Waals surface area contributed by atoms with Crippen molar-refractivity contribution in [3.8, 4) is 5.75 Å². The molecule has 0 aliphatic carbocycles. The van der Waals surface area contributed by atoms with Crippen LogP contribution in [0.4, 0.5) is 5.69 Å². The molecule has 1 saturated heterocycles. The van der Waals surface area contributed by atoms with Crippen molar-refractivity contribution < 1.29 is 19.3 Å². The zero-order chi connectivity index (χ0) is 20.1. The van der Waals surface area contributed by atoms with E-state index in [-0.39, 0.29) is 11.9 Å². The second-order valence-electron chi connectivity index (χ2n) is 7.85. The van der Waals surface area contributed by atoms with Crippen LogP contribution in [0.15, 0.2) is 48.5 Å². The number of benzene rings is 2. The van der Waals surface area contributed by atoms with Crippen LogP contribution in [0.1, 0.15) is 18.1 Å². The standard InChI is InChI=1S/C23H31N3O2/c1-18-10-11-22(28-4)20(16-18)17-25-12-14-26(15-13-25)19(2)23(27)24(3)21-8-6-5-7-9-21/h5-11,16,19H,12-15,17H2,1-4H3/p+2/t19-/m0/s1. The van der Waals surface area contributed by atoms with Crippen molar-refractivity contribution in [2.24, 2.45) is 0 Å². The van der Waals surface area contributed by atoms with Crippen molar-refractivity contribution in [2.45, 2.75) is 26.4 Å². The van der Waals surface area contributed by atoms with E-state index in [2.05, 4.69) is 32.0 Å². The Kier molecular flexibility index (Phi) is 6.70. The van der Waals surface area contributed by atoms with Gasteiger partial charge in [0.2, 0.25) is 0 Å². The summed E-state index contributed by atoms with van der Waals surface area (Å²) in [5, 5.41) is 0. The summed E-state index contributed by atoms with van der Waals surface area (Å²) in [6, 6.07) is 16.2. The first kappa shape index (κ1) is 20.4. The minimum atomic E-state index is -0.0275. The topological polar surface area (TPSA) is 38.4 Å². The van der Waals surface area contributed by atoms with E-state index in [1.807, 2.05) is 37.4 Å². The molecule has 2 aromatic carbocycles. The highest BCUT2D eigenvalue weighted by Crippen LogP contribution is 2.18. The van der Waals surface area contributed by atoms with E-state index in [1.54, 1.807) is 16.9 Å². The van der Waals surface area contributed by atoms with Crippen LogP contribution in [0.5, 0.6) is 5.75 Å². The Hall–Kier alpha value is -2.37. The molecule has 0 aromatic heterocycles. The maximum atomic E-state index is 12.9. The van der Waals surface area contributed by atoms with Crippen molar-refractivity contribution in [3.05, 3.63) is 59.7 Å². The normalized spacial score (nSPS) is 20.4. The molecule has 3 rings (SSSR count). The van der Waals surface area contributed by atoms with Crippen molar-refractivity contribution in [3.63, 3.8) is 0 Å². The summed E-state index contributed by atoms with van der Waals surface area (Å²) < 4.78 is 5.53. The quantitative estimate of drug-likeness (QED) is 0.755. The molecule has 0 unspecified atom stereocenters. The fourth-order valence-corrected chi connectivity index (χ4v) is 4.09. The van der Waals surface area contributed by atoms with Gasteiger partial charge in [-0.2, -0.15) is 0 Å². The van der Waals surface area contributed by atoms with Gasteiger partial charge in [-0.15, -0.1) is 0 Å². The van der Waals surface area contributed by atoms with E-state index >= 15 is 0 Å². The molecule has 5 nitrogen and oxygen atoms in total. The summed E-state index contributed by atoms with van der Waals surface area (Å²) in [6.45, 7) is 9.32. The van der Waals surface area contributed by atoms with Gasteiger partial charge in [-0.1, -0.05) is 29.8 Å². The zero-order valence-corrected chi connectivity index (χ0v) is 17.5. The Morgan fingerprint density at radius 1 is 1.11 bits per heavy atom. The van der Waals surface area contributed by atoms with Gasteiger partial charge in [0.05, 0.1) is 7.11 Å². The first-order chi connectivity index (χ1) is 13.5. The molecule has 1 fully saturated rings. The number of hydrogen-bond acceptors (Lipinski definition) is 2. The molecule has 150 valence electrons. The number of amides is 1. The zero-order valence-electron chi connectivity index (χ0n) is 17.5. The fourth-order valence-electron chi connectivity index (χ4n) is 4.09. The molecular formula is C23H33N3O2+2. The van der Waals surface area contributed by atoms with Gasteiger partial charge >= 0.3 is 0 Å². The minimum absolute atomic E-state index is 0.0275. The third-order valence-corrected chi connectivity index (χ3v) is 5.93. The van der Waals surface area contributed by atoms with Crippen molar-refractivity contribution >= 4 is 11.6 Å². The second-order valence-corrected chi connectivity index (χ2v) is 7.85. The largest absolute Gasteiger partial charge is 0.496 e. The average Bonchev–Trinajstić information content (AvgIpc) is 2.73. The Bertz CT molecular complexity index is 786. The third-order valence-electron chi connectivity index (χ3n) is 5.93. The number of para-hydroxylation sites is 1. The Balaban J connectivity index is 1.56. The molecule has 0 saturated carbocycles. The molecule has 1 amide bonds. The molecule has 28 heavy (non-hydrogen) atoms. The van der Waals surface area contributed by atoms with E-state index in [1.165, 1.54) is 16.0 Å². The maximum absolute atomic E-state index is 12.9. The lowest BCUT2D eigenvalue weighted by molar-refractivity contribution is -1.02. The van der Waals surface area contributed by atoms with Gasteiger partial charge in [0, 0.05) is 18.3 Å². The highest BCUT2D eigenvalue weighted by molar-refractivity contribution is 5.95. The van der Waals surface area contributed by atoms with Gasteiger partial charge in [0.25, 0.3) is 5.91 Å². The summed E-state index contributed by atoms with van der Waals surface area (Å²) in [4.78, 5) is 17.6. The van der Waals surface area contributed by atoms with E-state index in [0.29, 0.717) is 0 Å². The van der Waals surface area contributed by atoms with Crippen LogP contribution >= 0.6 is 0 Å². The number of nitrogens with zero attached hydrogens (tertiary/aromatic N) is 1. The van der Waals surface area contributed by atoms with Crippen molar-refractivity contribution in [1.29, 1.82) is 0 Å². The monoisotopic (exact) mass is 383 g/mol. The minimum Gasteiger partial charge on any atom is -0.496 e. The lowest BCUT2D eigenvalue weighted by Crippen LogP contribution is -3.29. The van der Waals surface area contributed by atoms with Crippen LogP contribution in [0.25, 0.3) is 0 Å². The summed E-state index contributed by atoms with van der Waals surface area (Å²) in [6.07, 6.45) is 0. The van der Waals surface area contributed by atoms with Gasteiger partial charge in [-0.05, 0) is 38.1 Å². The Morgan fingerprint density at radius 2 is 1.79 bits per heavy atom. The number of piperazine rings is 1. The summed E-state index contributed by atoms with van der Waals surface area (Å²) in [5.41, 5.74) is 3.49. The summed E-state index contributed by atoms with van der Waals surface area (Å²) in [5.74, 6) is 1.16. The third kappa shape index (κ3) is 4.72.